The summed E-state index contributed by atoms with van der Waals surface area (Å²) in [5.41, 5.74) is 3.07. The van der Waals surface area contributed by atoms with Crippen molar-refractivity contribution in [1.29, 1.82) is 0 Å². The quantitative estimate of drug-likeness (QED) is 0.681. The summed E-state index contributed by atoms with van der Waals surface area (Å²) in [5, 5.41) is 0. The molecule has 0 aliphatic carbocycles. The van der Waals surface area contributed by atoms with Crippen LogP contribution in [0.25, 0.3) is 0 Å². The molecule has 1 saturated heterocycles. The van der Waals surface area contributed by atoms with Gasteiger partial charge in [-0.3, -0.25) is 0 Å². The number of halogens is 1. The van der Waals surface area contributed by atoms with Crippen molar-refractivity contribution >= 4 is 23.4 Å². The van der Waals surface area contributed by atoms with E-state index in [1.807, 2.05) is 19.3 Å². The van der Waals surface area contributed by atoms with Crippen LogP contribution in [0.1, 0.15) is 19.8 Å². The molecule has 1 rings (SSSR count). The van der Waals surface area contributed by atoms with E-state index in [1.165, 1.54) is 11.8 Å². The van der Waals surface area contributed by atoms with Gasteiger partial charge in [-0.2, -0.15) is 0 Å². The monoisotopic (exact) mass is 256 g/mol. The van der Waals surface area contributed by atoms with Crippen LogP contribution in [0.4, 0.5) is 0 Å². The number of rotatable bonds is 3. The molecule has 1 heterocycles. The number of hydrogen-bond donors (Lipinski definition) is 0. The van der Waals surface area contributed by atoms with E-state index in [1.54, 1.807) is 0 Å². The van der Waals surface area contributed by atoms with Gasteiger partial charge in [0.25, 0.3) is 0 Å². The highest BCUT2D eigenvalue weighted by atomic mass is 35.5. The fourth-order valence-electron chi connectivity index (χ4n) is 1.44. The minimum atomic E-state index is 0.764. The van der Waals surface area contributed by atoms with Crippen LogP contribution in [0.5, 0.6) is 0 Å². The van der Waals surface area contributed by atoms with Crippen molar-refractivity contribution in [2.45, 2.75) is 19.8 Å². The van der Waals surface area contributed by atoms with Gasteiger partial charge in [0, 0.05) is 0 Å². The second kappa shape index (κ2) is 6.21. The first-order valence-corrected chi connectivity index (χ1v) is 6.78. The van der Waals surface area contributed by atoms with E-state index in [-0.39, 0.29) is 0 Å². The molecule has 88 valence electrons. The van der Waals surface area contributed by atoms with Crippen molar-refractivity contribution in [3.8, 4) is 0 Å². The number of thioether (sulfide) groups is 1. The molecular weight excluding hydrogens is 240 g/mol. The predicted molar refractivity (Wildman–Crippen MR) is 73.6 cm³/mol. The van der Waals surface area contributed by atoms with Gasteiger partial charge in [-0.25, -0.2) is 0 Å². The summed E-state index contributed by atoms with van der Waals surface area (Å²) in [6, 6.07) is 0. The summed E-state index contributed by atoms with van der Waals surface area (Å²) in [7, 11) is 0. The zero-order valence-electron chi connectivity index (χ0n) is 9.81. The summed E-state index contributed by atoms with van der Waals surface area (Å²) in [6.45, 7) is 10.7. The van der Waals surface area contributed by atoms with Crippen molar-refractivity contribution in [1.82, 2.24) is 0 Å². The minimum Gasteiger partial charge on any atom is -0.494 e. The molecule has 0 unspecified atom stereocenters. The van der Waals surface area contributed by atoms with Gasteiger partial charge < -0.3 is 4.74 Å². The Morgan fingerprint density at radius 3 is 2.81 bits per heavy atom. The average molecular weight is 257 g/mol. The maximum Gasteiger partial charge on any atom is 0.115 e. The largest absolute Gasteiger partial charge is 0.494 e. The van der Waals surface area contributed by atoms with Crippen LogP contribution in [0.3, 0.4) is 0 Å². The van der Waals surface area contributed by atoms with Crippen LogP contribution in [-0.2, 0) is 4.74 Å². The van der Waals surface area contributed by atoms with Gasteiger partial charge in [-0.1, -0.05) is 24.8 Å². The highest BCUT2D eigenvalue weighted by Gasteiger charge is 2.11. The van der Waals surface area contributed by atoms with Gasteiger partial charge in [-0.15, -0.1) is 11.8 Å². The number of allylic oxidation sites excluding steroid dienone is 4. The molecule has 0 N–H and O–H groups in total. The Labute approximate surface area is 107 Å². The second-order valence-corrected chi connectivity index (χ2v) is 5.09. The molecule has 0 bridgehead atoms. The van der Waals surface area contributed by atoms with E-state index in [4.69, 9.17) is 16.3 Å². The fraction of sp³-hybridized carbons (Fsp3) is 0.385. The Morgan fingerprint density at radius 1 is 1.56 bits per heavy atom. The zero-order chi connectivity index (χ0) is 12.1. The molecule has 1 aliphatic rings. The summed E-state index contributed by atoms with van der Waals surface area (Å²) in [6.07, 6.45) is 6.02. The zero-order valence-corrected chi connectivity index (χ0v) is 11.4. The smallest absolute Gasteiger partial charge is 0.115 e. The molecular formula is C13H17ClOS. The summed E-state index contributed by atoms with van der Waals surface area (Å²) in [4.78, 5) is 0. The lowest BCUT2D eigenvalue weighted by molar-refractivity contribution is 0.195. The maximum absolute atomic E-state index is 6.06. The molecule has 0 radical (unpaired) electrons. The van der Waals surface area contributed by atoms with Crippen LogP contribution in [0.15, 0.2) is 46.1 Å². The van der Waals surface area contributed by atoms with Gasteiger partial charge >= 0.3 is 0 Å². The Kier molecular flexibility index (Phi) is 5.23. The molecule has 3 heteroatoms. The lowest BCUT2D eigenvalue weighted by Crippen LogP contribution is -2.05. The molecule has 1 nitrogen and oxygen atoms in total. The molecule has 0 saturated carbocycles. The van der Waals surface area contributed by atoms with E-state index in [9.17, 15) is 0 Å². The van der Waals surface area contributed by atoms with Gasteiger partial charge in [0.1, 0.15) is 5.76 Å². The van der Waals surface area contributed by atoms with Crippen molar-refractivity contribution in [2.75, 3.05) is 12.9 Å². The Morgan fingerprint density at radius 2 is 2.25 bits per heavy atom. The highest BCUT2D eigenvalue weighted by Crippen LogP contribution is 2.29. The van der Waals surface area contributed by atoms with Crippen molar-refractivity contribution in [3.63, 3.8) is 0 Å². The van der Waals surface area contributed by atoms with E-state index in [2.05, 4.69) is 13.2 Å². The maximum atomic E-state index is 6.06. The molecule has 0 atom stereocenters. The topological polar surface area (TPSA) is 9.23 Å². The van der Waals surface area contributed by atoms with Crippen LogP contribution < -0.4 is 0 Å². The third-order valence-corrected chi connectivity index (χ3v) is 3.94. The Hall–Kier alpha value is -0.600. The van der Waals surface area contributed by atoms with Crippen molar-refractivity contribution in [2.24, 2.45) is 0 Å². The second-order valence-electron chi connectivity index (χ2n) is 3.67. The van der Waals surface area contributed by atoms with Crippen molar-refractivity contribution in [3.05, 3.63) is 46.1 Å². The first-order chi connectivity index (χ1) is 7.56. The third-order valence-electron chi connectivity index (χ3n) is 2.53. The average Bonchev–Trinajstić information content (AvgIpc) is 2.30. The standard InChI is InChI=1S/C13H17ClOS/c1-9(10(2)13(14)16-4)8-12-6-5-7-15-11(12)3/h8H,1,3,5-7H2,2,4H3. The third kappa shape index (κ3) is 3.46. The molecule has 16 heavy (non-hydrogen) atoms. The molecule has 0 aromatic rings. The molecule has 0 aromatic heterocycles. The number of ether oxygens (including phenoxy) is 1. The van der Waals surface area contributed by atoms with Gasteiger partial charge in [0.05, 0.1) is 11.0 Å². The molecule has 0 aromatic carbocycles. The van der Waals surface area contributed by atoms with E-state index >= 15 is 0 Å². The predicted octanol–water partition coefficient (Wildman–Crippen LogP) is 4.63. The lowest BCUT2D eigenvalue weighted by atomic mass is 10.0. The van der Waals surface area contributed by atoms with E-state index in [0.29, 0.717) is 0 Å². The summed E-state index contributed by atoms with van der Waals surface area (Å²) < 4.78 is 6.18. The fourth-order valence-corrected chi connectivity index (χ4v) is 2.00. The SMILES string of the molecule is C=C(C=C1CCCOC1=C)C(C)=C(Cl)SC. The Bertz CT molecular complexity index is 366. The van der Waals surface area contributed by atoms with E-state index in [0.717, 1.165) is 46.3 Å². The van der Waals surface area contributed by atoms with Gasteiger partial charge in [-0.05, 0) is 48.8 Å². The number of hydrogen-bond acceptors (Lipinski definition) is 2. The Balaban J connectivity index is 2.83. The molecule has 0 amide bonds. The normalized spacial score (nSPS) is 20.4. The molecule has 0 spiro atoms. The van der Waals surface area contributed by atoms with Crippen LogP contribution in [0.2, 0.25) is 0 Å². The van der Waals surface area contributed by atoms with Crippen LogP contribution in [0, 0.1) is 0 Å². The highest BCUT2D eigenvalue weighted by molar-refractivity contribution is 8.03. The van der Waals surface area contributed by atoms with Crippen LogP contribution >= 0.6 is 23.4 Å². The summed E-state index contributed by atoms with van der Waals surface area (Å²) >= 11 is 7.59. The minimum absolute atomic E-state index is 0.764. The molecule has 1 aliphatic heterocycles. The first-order valence-electron chi connectivity index (χ1n) is 5.18. The van der Waals surface area contributed by atoms with Gasteiger partial charge in [0.15, 0.2) is 0 Å². The summed E-state index contributed by atoms with van der Waals surface area (Å²) in [5.74, 6) is 0.764. The lowest BCUT2D eigenvalue weighted by Gasteiger charge is -2.19. The van der Waals surface area contributed by atoms with Crippen molar-refractivity contribution < 1.29 is 4.74 Å². The van der Waals surface area contributed by atoms with E-state index < -0.39 is 0 Å². The van der Waals surface area contributed by atoms with Gasteiger partial charge in [0.2, 0.25) is 0 Å². The molecule has 1 fully saturated rings. The van der Waals surface area contributed by atoms with Crippen LogP contribution in [-0.4, -0.2) is 12.9 Å². The first kappa shape index (κ1) is 13.5.